The van der Waals surface area contributed by atoms with Crippen LogP contribution in [-0.2, 0) is 4.79 Å². The number of aliphatic carboxylic acids is 1. The molecule has 5 nitrogen and oxygen atoms in total. The third-order valence-corrected chi connectivity index (χ3v) is 5.07. The Bertz CT molecular complexity index is 353. The van der Waals surface area contributed by atoms with Crippen molar-refractivity contribution in [3.05, 3.63) is 0 Å². The van der Waals surface area contributed by atoms with E-state index in [1.165, 1.54) is 12.8 Å². The molecule has 1 fully saturated rings. The van der Waals surface area contributed by atoms with Gasteiger partial charge >= 0.3 is 12.0 Å². The minimum atomic E-state index is -0.855. The minimum absolute atomic E-state index is 0.183. The van der Waals surface area contributed by atoms with Crippen molar-refractivity contribution < 1.29 is 14.7 Å². The van der Waals surface area contributed by atoms with Crippen LogP contribution in [0.25, 0.3) is 0 Å². The predicted octanol–water partition coefficient (Wildman–Crippen LogP) is 3.15. The molecule has 0 aromatic carbocycles. The normalized spacial score (nSPS) is 23.2. The Labute approximate surface area is 127 Å². The number of urea groups is 1. The zero-order valence-electron chi connectivity index (χ0n) is 13.6. The van der Waals surface area contributed by atoms with Crippen LogP contribution in [0.2, 0.25) is 0 Å². The van der Waals surface area contributed by atoms with Crippen LogP contribution in [0.1, 0.15) is 65.7 Å². The van der Waals surface area contributed by atoms with Crippen molar-refractivity contribution in [3.63, 3.8) is 0 Å². The van der Waals surface area contributed by atoms with Crippen molar-refractivity contribution in [3.8, 4) is 0 Å². The molecule has 0 aromatic rings. The molecule has 1 saturated carbocycles. The topological polar surface area (TPSA) is 78.4 Å². The van der Waals surface area contributed by atoms with Crippen molar-refractivity contribution >= 4 is 12.0 Å². The van der Waals surface area contributed by atoms with E-state index in [0.717, 1.165) is 19.3 Å². The van der Waals surface area contributed by atoms with Crippen molar-refractivity contribution in [2.75, 3.05) is 6.54 Å². The van der Waals surface area contributed by atoms with E-state index in [2.05, 4.69) is 17.6 Å². The van der Waals surface area contributed by atoms with E-state index in [0.29, 0.717) is 18.8 Å². The molecule has 2 amide bonds. The zero-order valence-corrected chi connectivity index (χ0v) is 13.6. The van der Waals surface area contributed by atoms with Gasteiger partial charge in [-0.3, -0.25) is 4.79 Å². The maximum Gasteiger partial charge on any atom is 0.315 e. The van der Waals surface area contributed by atoms with E-state index in [1.807, 2.05) is 13.8 Å². The molecule has 1 aliphatic carbocycles. The highest BCUT2D eigenvalue weighted by Crippen LogP contribution is 2.26. The van der Waals surface area contributed by atoms with E-state index < -0.39 is 11.4 Å². The van der Waals surface area contributed by atoms with E-state index in [-0.39, 0.29) is 18.6 Å². The van der Waals surface area contributed by atoms with Crippen LogP contribution in [0.5, 0.6) is 0 Å². The molecule has 0 heterocycles. The summed E-state index contributed by atoms with van der Waals surface area (Å²) in [6.45, 7) is 6.06. The van der Waals surface area contributed by atoms with Gasteiger partial charge in [0.1, 0.15) is 0 Å². The second-order valence-corrected chi connectivity index (χ2v) is 6.34. The average molecular weight is 298 g/mol. The summed E-state index contributed by atoms with van der Waals surface area (Å²) in [5.41, 5.74) is -0.855. The Kier molecular flexibility index (Phi) is 6.99. The molecule has 0 saturated heterocycles. The largest absolute Gasteiger partial charge is 0.481 e. The summed E-state index contributed by atoms with van der Waals surface area (Å²) in [7, 11) is 0. The fourth-order valence-corrected chi connectivity index (χ4v) is 3.05. The summed E-state index contributed by atoms with van der Waals surface area (Å²) in [4.78, 5) is 23.5. The Morgan fingerprint density at radius 3 is 2.33 bits per heavy atom. The summed E-state index contributed by atoms with van der Waals surface area (Å²) in [6, 6.07) is -0.0312. The highest BCUT2D eigenvalue weighted by atomic mass is 16.4. The van der Waals surface area contributed by atoms with Crippen LogP contribution in [0, 0.1) is 11.3 Å². The van der Waals surface area contributed by atoms with Crippen molar-refractivity contribution in [1.29, 1.82) is 0 Å². The fourth-order valence-electron chi connectivity index (χ4n) is 3.05. The first-order chi connectivity index (χ1) is 9.95. The number of amides is 2. The lowest BCUT2D eigenvalue weighted by Crippen LogP contribution is -2.49. The lowest BCUT2D eigenvalue weighted by molar-refractivity contribution is -0.149. The van der Waals surface area contributed by atoms with E-state index in [1.54, 1.807) is 0 Å². The molecule has 0 radical (unpaired) electrons. The van der Waals surface area contributed by atoms with Gasteiger partial charge in [0.25, 0.3) is 0 Å². The van der Waals surface area contributed by atoms with Gasteiger partial charge in [-0.05, 0) is 31.6 Å². The van der Waals surface area contributed by atoms with Crippen LogP contribution in [0.15, 0.2) is 0 Å². The monoisotopic (exact) mass is 298 g/mol. The number of nitrogens with one attached hydrogen (secondary N) is 2. The molecule has 1 aliphatic rings. The molecule has 0 bridgehead atoms. The van der Waals surface area contributed by atoms with E-state index >= 15 is 0 Å². The number of carbonyl (C=O) groups is 2. The van der Waals surface area contributed by atoms with Gasteiger partial charge in [-0.25, -0.2) is 4.79 Å². The quantitative estimate of drug-likeness (QED) is 0.659. The smallest absolute Gasteiger partial charge is 0.315 e. The molecule has 0 spiro atoms. The number of hydrogen-bond donors (Lipinski definition) is 3. The second-order valence-electron chi connectivity index (χ2n) is 6.34. The second kappa shape index (κ2) is 8.25. The summed E-state index contributed by atoms with van der Waals surface area (Å²) in [6.07, 6.45) is 6.80. The first-order valence-corrected chi connectivity index (χ1v) is 8.23. The maximum absolute atomic E-state index is 12.1. The molecule has 3 N–H and O–H groups in total. The standard InChI is InChI=1S/C16H30N2O3/c1-4-16(5-2,14(19)20)11-17-15(21)18-13-10-8-6-7-9-12(13)3/h12-13H,4-11H2,1-3H3,(H,19,20)(H2,17,18,21). The van der Waals surface area contributed by atoms with Crippen LogP contribution < -0.4 is 10.6 Å². The third-order valence-electron chi connectivity index (χ3n) is 5.07. The fraction of sp³-hybridized carbons (Fsp3) is 0.875. The van der Waals surface area contributed by atoms with Crippen molar-refractivity contribution in [2.24, 2.45) is 11.3 Å². The molecule has 2 atom stereocenters. The predicted molar refractivity (Wildman–Crippen MR) is 83.2 cm³/mol. The van der Waals surface area contributed by atoms with Gasteiger partial charge in [-0.1, -0.05) is 40.0 Å². The Morgan fingerprint density at radius 1 is 1.14 bits per heavy atom. The Balaban J connectivity index is 2.51. The molecule has 2 unspecified atom stereocenters. The number of hydrogen-bond acceptors (Lipinski definition) is 2. The molecular formula is C16H30N2O3. The first-order valence-electron chi connectivity index (χ1n) is 8.23. The van der Waals surface area contributed by atoms with Crippen molar-refractivity contribution in [2.45, 2.75) is 71.8 Å². The molecule has 5 heteroatoms. The molecule has 0 aliphatic heterocycles. The van der Waals surface area contributed by atoms with Gasteiger partial charge in [0.05, 0.1) is 5.41 Å². The Hall–Kier alpha value is -1.26. The summed E-state index contributed by atoms with van der Waals surface area (Å²) < 4.78 is 0. The molecule has 122 valence electrons. The van der Waals surface area contributed by atoms with Gasteiger partial charge in [0.15, 0.2) is 0 Å². The SMILES string of the molecule is CCC(CC)(CNC(=O)NC1CCCCCC1C)C(=O)O. The lowest BCUT2D eigenvalue weighted by Gasteiger charge is -2.28. The van der Waals surface area contributed by atoms with Gasteiger partial charge in [-0.15, -0.1) is 0 Å². The van der Waals surface area contributed by atoms with Gasteiger partial charge in [0, 0.05) is 12.6 Å². The average Bonchev–Trinajstić information content (AvgIpc) is 2.65. The minimum Gasteiger partial charge on any atom is -0.481 e. The number of carboxylic acid groups (broad SMARTS) is 1. The first kappa shape index (κ1) is 17.8. The van der Waals surface area contributed by atoms with Gasteiger partial charge in [0.2, 0.25) is 0 Å². The molecule has 1 rings (SSSR count). The maximum atomic E-state index is 12.1. The Morgan fingerprint density at radius 2 is 1.76 bits per heavy atom. The van der Waals surface area contributed by atoms with Gasteiger partial charge < -0.3 is 15.7 Å². The summed E-state index contributed by atoms with van der Waals surface area (Å²) >= 11 is 0. The molecular weight excluding hydrogens is 268 g/mol. The lowest BCUT2D eigenvalue weighted by atomic mass is 9.82. The van der Waals surface area contributed by atoms with Gasteiger partial charge in [-0.2, -0.15) is 0 Å². The summed E-state index contributed by atoms with van der Waals surface area (Å²) in [5.74, 6) is -0.351. The molecule has 21 heavy (non-hydrogen) atoms. The number of rotatable bonds is 6. The van der Waals surface area contributed by atoms with Crippen LogP contribution in [0.3, 0.4) is 0 Å². The zero-order chi connectivity index (χ0) is 15.9. The van der Waals surface area contributed by atoms with Crippen LogP contribution in [-0.4, -0.2) is 29.7 Å². The highest BCUT2D eigenvalue weighted by Gasteiger charge is 2.35. The van der Waals surface area contributed by atoms with Crippen LogP contribution in [0.4, 0.5) is 4.79 Å². The van der Waals surface area contributed by atoms with Crippen LogP contribution >= 0.6 is 0 Å². The number of carbonyl (C=O) groups excluding carboxylic acids is 1. The van der Waals surface area contributed by atoms with Crippen molar-refractivity contribution in [1.82, 2.24) is 10.6 Å². The number of carboxylic acids is 1. The molecule has 0 aromatic heterocycles. The third kappa shape index (κ3) is 4.90. The van der Waals surface area contributed by atoms with E-state index in [9.17, 15) is 14.7 Å². The summed E-state index contributed by atoms with van der Waals surface area (Å²) in [5, 5.41) is 15.2. The highest BCUT2D eigenvalue weighted by molar-refractivity contribution is 5.78. The van der Waals surface area contributed by atoms with E-state index in [4.69, 9.17) is 0 Å².